The molecule has 0 aliphatic heterocycles. The number of halogens is 6. The topological polar surface area (TPSA) is 3.24 Å². The van der Waals surface area contributed by atoms with Gasteiger partial charge in [0.05, 0.1) is 11.1 Å². The Bertz CT molecular complexity index is 595. The molecule has 0 saturated heterocycles. The molecule has 1 aromatic rings. The van der Waals surface area contributed by atoms with Crippen molar-refractivity contribution in [1.82, 2.24) is 4.67 Å². The van der Waals surface area contributed by atoms with Gasteiger partial charge in [-0.05, 0) is 37.8 Å². The Balaban J connectivity index is 2.01. The van der Waals surface area contributed by atoms with Crippen molar-refractivity contribution in [3.8, 4) is 0 Å². The molecule has 157 valence electrons. The molecule has 0 heterocycles. The second kappa shape index (κ2) is 8.91. The van der Waals surface area contributed by atoms with Crippen LogP contribution in [0.25, 0.3) is 0 Å². The molecule has 2 aliphatic rings. The predicted octanol–water partition coefficient (Wildman–Crippen LogP) is 7.18. The third kappa shape index (κ3) is 5.21. The van der Waals surface area contributed by atoms with Gasteiger partial charge in [-0.1, -0.05) is 44.6 Å². The number of nitrogens with zero attached hydrogens (tertiary/aromatic N) is 1. The Labute approximate surface area is 163 Å². The average Bonchev–Trinajstić information content (AvgIpc) is 2.66. The zero-order chi connectivity index (χ0) is 20.4. The smallest absolute Gasteiger partial charge is 0.268 e. The standard InChI is InChI=1S/C20H25F6NP/c21-19(22,23)16-12-7-13-17(20(24,25)26)18(16)28-27(14-8-3-1-4-9-14)15-10-5-2-6-11-15/h7,12-15H,1-6,8-11H2. The molecule has 1 aromatic carbocycles. The van der Waals surface area contributed by atoms with E-state index >= 15 is 0 Å². The van der Waals surface area contributed by atoms with Gasteiger partial charge < -0.3 is 0 Å². The molecule has 0 unspecified atom stereocenters. The normalized spacial score (nSPS) is 21.1. The van der Waals surface area contributed by atoms with Crippen LogP contribution in [0.1, 0.15) is 75.3 Å². The second-order valence-electron chi connectivity index (χ2n) is 7.76. The van der Waals surface area contributed by atoms with Crippen LogP contribution in [0.15, 0.2) is 18.2 Å². The molecule has 1 nitrogen and oxygen atoms in total. The third-order valence-electron chi connectivity index (χ3n) is 5.76. The molecule has 8 heteroatoms. The van der Waals surface area contributed by atoms with Crippen molar-refractivity contribution >= 4 is 14.0 Å². The number of hydrogen-bond acceptors (Lipinski definition) is 1. The molecule has 2 saturated carbocycles. The van der Waals surface area contributed by atoms with E-state index in [4.69, 9.17) is 0 Å². The number of hydrogen-bond donors (Lipinski definition) is 0. The lowest BCUT2D eigenvalue weighted by molar-refractivity contribution is -0.141. The molecule has 2 aliphatic carbocycles. The molecule has 0 atom stereocenters. The highest BCUT2D eigenvalue weighted by Crippen LogP contribution is 2.43. The third-order valence-corrected chi connectivity index (χ3v) is 7.33. The van der Waals surface area contributed by atoms with E-state index in [1.54, 1.807) is 0 Å². The first-order valence-corrected chi connectivity index (χ1v) is 10.8. The van der Waals surface area contributed by atoms with Gasteiger partial charge in [-0.2, -0.15) is 26.3 Å². The van der Waals surface area contributed by atoms with Gasteiger partial charge in [-0.15, -0.1) is 0 Å². The molecule has 0 bridgehead atoms. The lowest BCUT2D eigenvalue weighted by Crippen LogP contribution is -2.42. The summed E-state index contributed by atoms with van der Waals surface area (Å²) >= 11 is 0. The summed E-state index contributed by atoms with van der Waals surface area (Å²) in [6.07, 6.45) is -0.142. The summed E-state index contributed by atoms with van der Waals surface area (Å²) in [5.74, 6) is 0. The lowest BCUT2D eigenvalue weighted by atomic mass is 9.91. The first-order valence-electron chi connectivity index (χ1n) is 9.95. The fourth-order valence-corrected chi connectivity index (χ4v) is 6.01. The van der Waals surface area contributed by atoms with Gasteiger partial charge in [0.15, 0.2) is 0 Å². The van der Waals surface area contributed by atoms with Gasteiger partial charge in [0.1, 0.15) is 0 Å². The Morgan fingerprint density at radius 2 is 1.07 bits per heavy atom. The quantitative estimate of drug-likeness (QED) is 0.366. The average molecular weight is 424 g/mol. The van der Waals surface area contributed by atoms with E-state index < -0.39 is 28.8 Å². The van der Waals surface area contributed by atoms with Crippen molar-refractivity contribution in [1.29, 1.82) is 0 Å². The summed E-state index contributed by atoms with van der Waals surface area (Å²) in [5, 5.41) is -0.640. The van der Waals surface area contributed by atoms with Crippen LogP contribution < -0.4 is 5.30 Å². The minimum Gasteiger partial charge on any atom is -0.268 e. The maximum Gasteiger partial charge on any atom is 0.417 e. The van der Waals surface area contributed by atoms with Crippen LogP contribution in [0.2, 0.25) is 0 Å². The van der Waals surface area contributed by atoms with Gasteiger partial charge in [0.2, 0.25) is 0 Å². The highest BCUT2D eigenvalue weighted by Gasteiger charge is 2.42. The van der Waals surface area contributed by atoms with Gasteiger partial charge in [-0.25, -0.2) is 0 Å². The minimum absolute atomic E-state index is 0.0487. The summed E-state index contributed by atoms with van der Waals surface area (Å²) in [6, 6.07) is 2.52. The largest absolute Gasteiger partial charge is 0.417 e. The number of rotatable bonds is 4. The van der Waals surface area contributed by atoms with Crippen LogP contribution >= 0.6 is 8.73 Å². The fraction of sp³-hybridized carbons (Fsp3) is 0.700. The fourth-order valence-electron chi connectivity index (χ4n) is 4.38. The van der Waals surface area contributed by atoms with Crippen LogP contribution in [0.5, 0.6) is 0 Å². The van der Waals surface area contributed by atoms with E-state index in [9.17, 15) is 26.3 Å². The Morgan fingerprint density at radius 3 is 1.43 bits per heavy atom. The summed E-state index contributed by atoms with van der Waals surface area (Å²) < 4.78 is 83.3. The summed E-state index contributed by atoms with van der Waals surface area (Å²) in [4.78, 5) is 0. The Morgan fingerprint density at radius 1 is 0.679 bits per heavy atom. The van der Waals surface area contributed by atoms with Crippen molar-refractivity contribution in [2.75, 3.05) is 0 Å². The second-order valence-corrected chi connectivity index (χ2v) is 8.87. The molecular weight excluding hydrogens is 399 g/mol. The molecule has 3 rings (SSSR count). The lowest BCUT2D eigenvalue weighted by Gasteiger charge is -2.41. The molecule has 0 spiro atoms. The zero-order valence-corrected chi connectivity index (χ0v) is 16.5. The van der Waals surface area contributed by atoms with E-state index in [1.807, 2.05) is 4.67 Å². The monoisotopic (exact) mass is 424 g/mol. The van der Waals surface area contributed by atoms with Gasteiger partial charge in [0.25, 0.3) is 0 Å². The van der Waals surface area contributed by atoms with Crippen LogP contribution in [0.3, 0.4) is 0 Å². The number of alkyl halides is 6. The first kappa shape index (κ1) is 21.9. The maximum atomic E-state index is 13.6. The van der Waals surface area contributed by atoms with Gasteiger partial charge >= 0.3 is 12.4 Å². The van der Waals surface area contributed by atoms with Crippen LogP contribution in [0, 0.1) is 0 Å². The Hall–Kier alpha value is -0.810. The van der Waals surface area contributed by atoms with E-state index in [0.717, 1.165) is 82.4 Å². The summed E-state index contributed by atoms with van der Waals surface area (Å²) in [7, 11) is 0.0487. The van der Waals surface area contributed by atoms with Crippen LogP contribution in [-0.4, -0.2) is 16.8 Å². The van der Waals surface area contributed by atoms with Crippen molar-refractivity contribution in [2.24, 2.45) is 0 Å². The van der Waals surface area contributed by atoms with E-state index in [2.05, 4.69) is 0 Å². The van der Waals surface area contributed by atoms with E-state index in [-0.39, 0.29) is 20.8 Å². The maximum absolute atomic E-state index is 13.6. The molecule has 1 radical (unpaired) electrons. The molecule has 28 heavy (non-hydrogen) atoms. The molecule has 0 aromatic heterocycles. The highest BCUT2D eigenvalue weighted by molar-refractivity contribution is 7.45. The van der Waals surface area contributed by atoms with Gasteiger partial charge in [0, 0.05) is 26.1 Å². The van der Waals surface area contributed by atoms with E-state index in [1.165, 1.54) is 0 Å². The molecule has 0 N–H and O–H groups in total. The zero-order valence-electron chi connectivity index (χ0n) is 15.6. The SMILES string of the molecule is FC(F)(F)c1cccc(C(F)(F)F)c1[P]N(C1CCCCC1)C1CCCCC1. The molecular formula is C20H25F6NP. The highest BCUT2D eigenvalue weighted by atomic mass is 31.1. The van der Waals surface area contributed by atoms with Crippen LogP contribution in [0.4, 0.5) is 26.3 Å². The first-order chi connectivity index (χ1) is 13.2. The van der Waals surface area contributed by atoms with Crippen molar-refractivity contribution in [3.63, 3.8) is 0 Å². The minimum atomic E-state index is -4.81. The number of benzene rings is 1. The Kier molecular flexibility index (Phi) is 6.96. The molecule has 2 fully saturated rings. The molecule has 0 amide bonds. The van der Waals surface area contributed by atoms with Crippen molar-refractivity contribution in [2.45, 2.75) is 88.6 Å². The van der Waals surface area contributed by atoms with E-state index in [0.29, 0.717) is 0 Å². The van der Waals surface area contributed by atoms with Crippen molar-refractivity contribution < 1.29 is 26.3 Å². The van der Waals surface area contributed by atoms with Crippen LogP contribution in [-0.2, 0) is 12.4 Å². The van der Waals surface area contributed by atoms with Crippen molar-refractivity contribution in [3.05, 3.63) is 29.3 Å². The summed E-state index contributed by atoms with van der Waals surface area (Å²) in [6.45, 7) is 0. The predicted molar refractivity (Wildman–Crippen MR) is 98.6 cm³/mol. The summed E-state index contributed by atoms with van der Waals surface area (Å²) in [5.41, 5.74) is -2.33. The van der Waals surface area contributed by atoms with Gasteiger partial charge in [-0.3, -0.25) is 4.67 Å².